The van der Waals surface area contributed by atoms with Crippen molar-refractivity contribution in [2.45, 2.75) is 0 Å². The number of benzene rings is 1. The van der Waals surface area contributed by atoms with Crippen molar-refractivity contribution in [3.8, 4) is 0 Å². The monoisotopic (exact) mass is 269 g/mol. The summed E-state index contributed by atoms with van der Waals surface area (Å²) in [5.41, 5.74) is 2.00. The summed E-state index contributed by atoms with van der Waals surface area (Å²) in [5, 5.41) is 12.1. The molecule has 17 heavy (non-hydrogen) atoms. The Morgan fingerprint density at radius 2 is 2.29 bits per heavy atom. The second-order valence-electron chi connectivity index (χ2n) is 3.32. The van der Waals surface area contributed by atoms with Crippen molar-refractivity contribution in [1.29, 1.82) is 0 Å². The predicted octanol–water partition coefficient (Wildman–Crippen LogP) is 2.40. The molecule has 0 aliphatic carbocycles. The van der Waals surface area contributed by atoms with E-state index < -0.39 is 5.97 Å². The summed E-state index contributed by atoms with van der Waals surface area (Å²) in [6.07, 6.45) is 0. The number of aromatic nitrogens is 2. The number of fused-ring (bicyclic) bond motifs is 1. The number of halogens is 1. The Hall–Kier alpha value is -1.66. The third-order valence-corrected chi connectivity index (χ3v) is 3.02. The van der Waals surface area contributed by atoms with Gasteiger partial charge in [-0.25, -0.2) is 4.79 Å². The van der Waals surface area contributed by atoms with Crippen molar-refractivity contribution >= 4 is 46.0 Å². The molecular formula is C10H8ClN3O2S. The van der Waals surface area contributed by atoms with Gasteiger partial charge in [0.05, 0.1) is 22.4 Å². The van der Waals surface area contributed by atoms with Crippen molar-refractivity contribution in [1.82, 2.24) is 8.75 Å². The van der Waals surface area contributed by atoms with Gasteiger partial charge in [-0.3, -0.25) is 0 Å². The van der Waals surface area contributed by atoms with Gasteiger partial charge < -0.3 is 10.4 Å². The fraction of sp³-hybridized carbons (Fsp3) is 0.100. The van der Waals surface area contributed by atoms with E-state index in [-0.39, 0.29) is 12.1 Å². The highest BCUT2D eigenvalue weighted by Crippen LogP contribution is 2.29. The minimum atomic E-state index is -1.04. The number of nitrogens with zero attached hydrogens (tertiary/aromatic N) is 2. The Labute approximate surface area is 106 Å². The van der Waals surface area contributed by atoms with Crippen molar-refractivity contribution in [3.63, 3.8) is 0 Å². The lowest BCUT2D eigenvalue weighted by Gasteiger charge is -2.08. The number of carboxylic acids is 1. The molecule has 0 atom stereocenters. The average molecular weight is 270 g/mol. The summed E-state index contributed by atoms with van der Waals surface area (Å²) in [6.45, 7) is 3.53. The molecule has 1 aromatic heterocycles. The highest BCUT2D eigenvalue weighted by atomic mass is 35.5. The summed E-state index contributed by atoms with van der Waals surface area (Å²) in [5.74, 6) is -1.04. The van der Waals surface area contributed by atoms with E-state index in [1.54, 1.807) is 12.1 Å². The first-order chi connectivity index (χ1) is 8.09. The minimum Gasteiger partial charge on any atom is -0.478 e. The maximum atomic E-state index is 10.6. The minimum absolute atomic E-state index is 0.0567. The van der Waals surface area contributed by atoms with Crippen LogP contribution in [0.3, 0.4) is 0 Å². The Morgan fingerprint density at radius 1 is 1.53 bits per heavy atom. The van der Waals surface area contributed by atoms with Gasteiger partial charge in [0.25, 0.3) is 0 Å². The van der Waals surface area contributed by atoms with E-state index in [4.69, 9.17) is 16.7 Å². The Kier molecular flexibility index (Phi) is 3.26. The average Bonchev–Trinajstić information content (AvgIpc) is 2.75. The van der Waals surface area contributed by atoms with Crippen LogP contribution in [0.15, 0.2) is 24.3 Å². The molecule has 1 aromatic carbocycles. The zero-order chi connectivity index (χ0) is 12.4. The number of rotatable bonds is 4. The number of hydrogen-bond donors (Lipinski definition) is 2. The maximum absolute atomic E-state index is 10.6. The molecule has 0 aliphatic rings. The molecule has 0 saturated carbocycles. The fourth-order valence-electron chi connectivity index (χ4n) is 1.27. The van der Waals surface area contributed by atoms with Gasteiger partial charge >= 0.3 is 5.97 Å². The van der Waals surface area contributed by atoms with Gasteiger partial charge in [0.2, 0.25) is 0 Å². The number of hydrogen-bond acceptors (Lipinski definition) is 5. The molecule has 0 bridgehead atoms. The topological polar surface area (TPSA) is 75.1 Å². The number of carboxylic acid groups (broad SMARTS) is 1. The van der Waals surface area contributed by atoms with Crippen LogP contribution >= 0.6 is 23.3 Å². The highest BCUT2D eigenvalue weighted by molar-refractivity contribution is 7.00. The lowest BCUT2D eigenvalue weighted by Crippen LogP contribution is -2.11. The Bertz CT molecular complexity index is 596. The van der Waals surface area contributed by atoms with Crippen LogP contribution in [0.25, 0.3) is 11.0 Å². The van der Waals surface area contributed by atoms with E-state index in [2.05, 4.69) is 20.6 Å². The second-order valence-corrected chi connectivity index (χ2v) is 4.25. The normalized spacial score (nSPS) is 10.4. The number of anilines is 1. The predicted molar refractivity (Wildman–Crippen MR) is 67.7 cm³/mol. The van der Waals surface area contributed by atoms with Crippen LogP contribution < -0.4 is 5.32 Å². The van der Waals surface area contributed by atoms with Gasteiger partial charge in [-0.15, -0.1) is 0 Å². The molecule has 2 rings (SSSR count). The Balaban J connectivity index is 2.28. The molecule has 2 N–H and O–H groups in total. The first kappa shape index (κ1) is 11.8. The summed E-state index contributed by atoms with van der Waals surface area (Å²) >= 11 is 7.10. The quantitative estimate of drug-likeness (QED) is 0.834. The lowest BCUT2D eigenvalue weighted by molar-refractivity contribution is -0.132. The van der Waals surface area contributed by atoms with E-state index in [1.807, 2.05) is 0 Å². The number of aliphatic carboxylic acids is 1. The van der Waals surface area contributed by atoms with Crippen molar-refractivity contribution in [3.05, 3.63) is 29.3 Å². The standard InChI is InChI=1S/C10H8ClN3O2S/c1-5(10(15)16)4-12-8-6(11)2-3-7-9(8)14-17-13-7/h2-3,12H,1,4H2,(H,15,16). The summed E-state index contributed by atoms with van der Waals surface area (Å²) in [4.78, 5) is 10.6. The van der Waals surface area contributed by atoms with Gasteiger partial charge in [0, 0.05) is 12.1 Å². The molecule has 0 amide bonds. The van der Waals surface area contributed by atoms with Crippen LogP contribution in [-0.2, 0) is 4.79 Å². The highest BCUT2D eigenvalue weighted by Gasteiger charge is 2.11. The van der Waals surface area contributed by atoms with Gasteiger partial charge in [-0.1, -0.05) is 18.2 Å². The molecule has 0 radical (unpaired) electrons. The van der Waals surface area contributed by atoms with E-state index in [0.29, 0.717) is 16.2 Å². The first-order valence-electron chi connectivity index (χ1n) is 4.65. The molecule has 2 aromatic rings. The third-order valence-electron chi connectivity index (χ3n) is 2.16. The van der Waals surface area contributed by atoms with E-state index >= 15 is 0 Å². The van der Waals surface area contributed by atoms with Gasteiger partial charge in [-0.05, 0) is 12.1 Å². The molecule has 0 spiro atoms. The smallest absolute Gasteiger partial charge is 0.332 e. The summed E-state index contributed by atoms with van der Waals surface area (Å²) < 4.78 is 8.18. The molecule has 0 saturated heterocycles. The second kappa shape index (κ2) is 4.68. The first-order valence-corrected chi connectivity index (χ1v) is 5.76. The van der Waals surface area contributed by atoms with Gasteiger partial charge in [-0.2, -0.15) is 8.75 Å². The number of nitrogens with one attached hydrogen (secondary N) is 1. The van der Waals surface area contributed by atoms with E-state index in [1.165, 1.54) is 0 Å². The zero-order valence-corrected chi connectivity index (χ0v) is 10.2. The molecule has 1 heterocycles. The van der Waals surface area contributed by atoms with E-state index in [0.717, 1.165) is 17.2 Å². The van der Waals surface area contributed by atoms with Crippen molar-refractivity contribution in [2.24, 2.45) is 0 Å². The molecule has 0 fully saturated rings. The van der Waals surface area contributed by atoms with Crippen LogP contribution in [0.5, 0.6) is 0 Å². The SMILES string of the molecule is C=C(CNc1c(Cl)ccc2nsnc12)C(=O)O. The van der Waals surface area contributed by atoms with Crippen LogP contribution in [0.4, 0.5) is 5.69 Å². The van der Waals surface area contributed by atoms with Crippen LogP contribution in [-0.4, -0.2) is 26.4 Å². The van der Waals surface area contributed by atoms with Crippen LogP contribution in [0.1, 0.15) is 0 Å². The fourth-order valence-corrected chi connectivity index (χ4v) is 2.03. The molecule has 5 nitrogen and oxygen atoms in total. The summed E-state index contributed by atoms with van der Waals surface area (Å²) in [7, 11) is 0. The maximum Gasteiger partial charge on any atom is 0.332 e. The third kappa shape index (κ3) is 2.37. The Morgan fingerprint density at radius 3 is 3.00 bits per heavy atom. The molecule has 0 aliphatic heterocycles. The number of carbonyl (C=O) groups is 1. The molecular weight excluding hydrogens is 262 g/mol. The van der Waals surface area contributed by atoms with Crippen LogP contribution in [0, 0.1) is 0 Å². The van der Waals surface area contributed by atoms with Crippen molar-refractivity contribution in [2.75, 3.05) is 11.9 Å². The lowest BCUT2D eigenvalue weighted by atomic mass is 10.2. The van der Waals surface area contributed by atoms with Gasteiger partial charge in [0.15, 0.2) is 0 Å². The van der Waals surface area contributed by atoms with Crippen LogP contribution in [0.2, 0.25) is 5.02 Å². The van der Waals surface area contributed by atoms with Crippen molar-refractivity contribution < 1.29 is 9.90 Å². The largest absolute Gasteiger partial charge is 0.478 e. The van der Waals surface area contributed by atoms with E-state index in [9.17, 15) is 4.79 Å². The zero-order valence-electron chi connectivity index (χ0n) is 8.61. The molecule has 0 unspecified atom stereocenters. The molecule has 88 valence electrons. The molecule has 7 heteroatoms. The summed E-state index contributed by atoms with van der Waals surface area (Å²) in [6, 6.07) is 3.45. The van der Waals surface area contributed by atoms with Gasteiger partial charge in [0.1, 0.15) is 11.0 Å².